The number of likely N-dealkylation sites (N-methyl/N-ethyl adjacent to an activating group) is 1. The molecular formula is C17H34N4. The summed E-state index contributed by atoms with van der Waals surface area (Å²) >= 11 is 0. The molecule has 4 nitrogen and oxygen atoms in total. The summed E-state index contributed by atoms with van der Waals surface area (Å²) in [5, 5.41) is 8.22. The molecule has 0 bridgehead atoms. The summed E-state index contributed by atoms with van der Waals surface area (Å²) in [4.78, 5) is 2.48. The van der Waals surface area contributed by atoms with Gasteiger partial charge in [0.25, 0.3) is 0 Å². The lowest BCUT2D eigenvalue weighted by atomic mass is 10.1. The largest absolute Gasteiger partial charge is 0.317 e. The zero-order valence-corrected chi connectivity index (χ0v) is 14.6. The van der Waals surface area contributed by atoms with Gasteiger partial charge in [-0.25, -0.2) is 0 Å². The number of nitrogens with one attached hydrogen (secondary N) is 1. The summed E-state index contributed by atoms with van der Waals surface area (Å²) in [7, 11) is 2.06. The molecule has 122 valence electrons. The molecule has 1 atom stereocenters. The first-order valence-electron chi connectivity index (χ1n) is 8.61. The van der Waals surface area contributed by atoms with Crippen molar-refractivity contribution >= 4 is 0 Å². The van der Waals surface area contributed by atoms with Crippen LogP contribution in [-0.4, -0.2) is 47.4 Å². The molecule has 0 aliphatic carbocycles. The van der Waals surface area contributed by atoms with Crippen LogP contribution in [0.3, 0.4) is 0 Å². The van der Waals surface area contributed by atoms with Crippen molar-refractivity contribution in [3.05, 3.63) is 18.0 Å². The van der Waals surface area contributed by atoms with Crippen molar-refractivity contribution in [1.29, 1.82) is 0 Å². The Morgan fingerprint density at radius 2 is 1.86 bits per heavy atom. The molecule has 21 heavy (non-hydrogen) atoms. The van der Waals surface area contributed by atoms with Gasteiger partial charge in [0.2, 0.25) is 0 Å². The Balaban J connectivity index is 2.53. The fourth-order valence-corrected chi connectivity index (χ4v) is 2.83. The molecule has 1 aromatic rings. The Labute approximate surface area is 130 Å². The zero-order valence-electron chi connectivity index (χ0n) is 14.6. The van der Waals surface area contributed by atoms with Crippen molar-refractivity contribution in [2.24, 2.45) is 0 Å². The van der Waals surface area contributed by atoms with Gasteiger partial charge in [0.15, 0.2) is 0 Å². The first-order valence-corrected chi connectivity index (χ1v) is 8.61. The van der Waals surface area contributed by atoms with E-state index in [1.165, 1.54) is 12.1 Å². The van der Waals surface area contributed by atoms with Crippen molar-refractivity contribution in [1.82, 2.24) is 20.0 Å². The summed E-state index contributed by atoms with van der Waals surface area (Å²) in [5.41, 5.74) is 1.21. The number of hydrogen-bond donors (Lipinski definition) is 1. The molecule has 0 aliphatic rings. The highest BCUT2D eigenvalue weighted by atomic mass is 15.3. The van der Waals surface area contributed by atoms with E-state index in [0.29, 0.717) is 12.1 Å². The van der Waals surface area contributed by atoms with Crippen LogP contribution < -0.4 is 5.32 Å². The molecule has 0 saturated heterocycles. The minimum Gasteiger partial charge on any atom is -0.317 e. The molecule has 0 radical (unpaired) electrons. The summed E-state index contributed by atoms with van der Waals surface area (Å²) in [6, 6.07) is 3.23. The molecule has 1 heterocycles. The van der Waals surface area contributed by atoms with Gasteiger partial charge < -0.3 is 10.2 Å². The van der Waals surface area contributed by atoms with Crippen LogP contribution in [0.25, 0.3) is 0 Å². The van der Waals surface area contributed by atoms with Crippen molar-refractivity contribution in [3.8, 4) is 0 Å². The predicted octanol–water partition coefficient (Wildman–Crippen LogP) is 3.11. The van der Waals surface area contributed by atoms with E-state index in [-0.39, 0.29) is 0 Å². The van der Waals surface area contributed by atoms with Gasteiger partial charge in [-0.1, -0.05) is 27.7 Å². The topological polar surface area (TPSA) is 33.1 Å². The third-order valence-electron chi connectivity index (χ3n) is 4.53. The second-order valence-electron chi connectivity index (χ2n) is 5.76. The van der Waals surface area contributed by atoms with Crippen LogP contribution in [0.5, 0.6) is 0 Å². The van der Waals surface area contributed by atoms with E-state index in [9.17, 15) is 0 Å². The molecule has 0 amide bonds. The van der Waals surface area contributed by atoms with Crippen LogP contribution in [0.2, 0.25) is 0 Å². The zero-order chi connectivity index (χ0) is 15.7. The summed E-state index contributed by atoms with van der Waals surface area (Å²) in [6.45, 7) is 12.4. The lowest BCUT2D eigenvalue weighted by Gasteiger charge is -2.22. The van der Waals surface area contributed by atoms with Gasteiger partial charge in [-0.05, 0) is 52.0 Å². The van der Waals surface area contributed by atoms with E-state index in [1.807, 2.05) is 0 Å². The third kappa shape index (κ3) is 5.79. The van der Waals surface area contributed by atoms with Gasteiger partial charge >= 0.3 is 0 Å². The average Bonchev–Trinajstić information content (AvgIpc) is 2.96. The molecule has 0 aromatic carbocycles. The Hall–Kier alpha value is -0.870. The molecular weight excluding hydrogens is 260 g/mol. The molecule has 0 saturated carbocycles. The molecule has 0 aliphatic heterocycles. The monoisotopic (exact) mass is 294 g/mol. The number of hydrogen-bond acceptors (Lipinski definition) is 3. The first kappa shape index (κ1) is 18.2. The van der Waals surface area contributed by atoms with Crippen LogP contribution in [0.4, 0.5) is 0 Å². The van der Waals surface area contributed by atoms with Crippen LogP contribution in [0, 0.1) is 0 Å². The van der Waals surface area contributed by atoms with Gasteiger partial charge in [-0.2, -0.15) is 5.10 Å². The van der Waals surface area contributed by atoms with Crippen LogP contribution in [0.1, 0.15) is 58.7 Å². The second kappa shape index (κ2) is 9.96. The van der Waals surface area contributed by atoms with Crippen molar-refractivity contribution in [3.63, 3.8) is 0 Å². The van der Waals surface area contributed by atoms with Gasteiger partial charge in [-0.3, -0.25) is 4.68 Å². The maximum Gasteiger partial charge on any atom is 0.0640 e. The molecule has 4 heteroatoms. The van der Waals surface area contributed by atoms with Crippen LogP contribution in [-0.2, 0) is 6.42 Å². The summed E-state index contributed by atoms with van der Waals surface area (Å²) in [6.07, 6.45) is 6.63. The maximum absolute atomic E-state index is 4.77. The molecule has 0 fully saturated rings. The van der Waals surface area contributed by atoms with E-state index in [2.05, 4.69) is 61.9 Å². The van der Waals surface area contributed by atoms with Crippen molar-refractivity contribution < 1.29 is 0 Å². The highest BCUT2D eigenvalue weighted by molar-refractivity contribution is 5.02. The Morgan fingerprint density at radius 3 is 2.38 bits per heavy atom. The van der Waals surface area contributed by atoms with Crippen molar-refractivity contribution in [2.45, 2.75) is 65.5 Å². The highest BCUT2D eigenvalue weighted by Gasteiger charge is 2.13. The minimum atomic E-state index is 0.510. The standard InChI is InChI=1S/C17H34N4/c1-6-17(7-2)21-13-11-16(19-21)14-15(18-5)10-12-20(8-3)9-4/h11,13,15,17-18H,6-10,12,14H2,1-5H3. The number of aromatic nitrogens is 2. The van der Waals surface area contributed by atoms with Gasteiger partial charge in [0, 0.05) is 18.7 Å². The summed E-state index contributed by atoms with van der Waals surface area (Å²) < 4.78 is 2.15. The number of rotatable bonds is 11. The van der Waals surface area contributed by atoms with Crippen LogP contribution in [0.15, 0.2) is 12.3 Å². The average molecular weight is 294 g/mol. The Kier molecular flexibility index (Phi) is 8.62. The quantitative estimate of drug-likeness (QED) is 0.681. The smallest absolute Gasteiger partial charge is 0.0640 e. The second-order valence-corrected chi connectivity index (χ2v) is 5.76. The minimum absolute atomic E-state index is 0.510. The first-order chi connectivity index (χ1) is 10.2. The fourth-order valence-electron chi connectivity index (χ4n) is 2.83. The van der Waals surface area contributed by atoms with E-state index in [4.69, 9.17) is 5.10 Å². The third-order valence-corrected chi connectivity index (χ3v) is 4.53. The lowest BCUT2D eigenvalue weighted by molar-refractivity contribution is 0.282. The van der Waals surface area contributed by atoms with Gasteiger partial charge in [-0.15, -0.1) is 0 Å². The Morgan fingerprint density at radius 1 is 1.19 bits per heavy atom. The molecule has 1 aromatic heterocycles. The fraction of sp³-hybridized carbons (Fsp3) is 0.824. The van der Waals surface area contributed by atoms with E-state index in [0.717, 1.165) is 38.9 Å². The van der Waals surface area contributed by atoms with Crippen molar-refractivity contribution in [2.75, 3.05) is 26.7 Å². The normalized spacial score (nSPS) is 13.3. The number of nitrogens with zero attached hydrogens (tertiary/aromatic N) is 3. The molecule has 1 unspecified atom stereocenters. The summed E-state index contributed by atoms with van der Waals surface area (Å²) in [5.74, 6) is 0. The van der Waals surface area contributed by atoms with Gasteiger partial charge in [0.05, 0.1) is 11.7 Å². The highest BCUT2D eigenvalue weighted by Crippen LogP contribution is 2.15. The van der Waals surface area contributed by atoms with Crippen LogP contribution >= 0.6 is 0 Å². The van der Waals surface area contributed by atoms with E-state index >= 15 is 0 Å². The predicted molar refractivity (Wildman–Crippen MR) is 90.8 cm³/mol. The lowest BCUT2D eigenvalue weighted by Crippen LogP contribution is -2.34. The van der Waals surface area contributed by atoms with E-state index < -0.39 is 0 Å². The molecule has 1 rings (SSSR count). The molecule has 1 N–H and O–H groups in total. The maximum atomic E-state index is 4.77. The SMILES string of the molecule is CCC(CC)n1ccc(CC(CCN(CC)CC)NC)n1. The van der Waals surface area contributed by atoms with E-state index in [1.54, 1.807) is 0 Å². The Bertz CT molecular complexity index is 367. The van der Waals surface area contributed by atoms with Gasteiger partial charge in [0.1, 0.15) is 0 Å². The molecule has 0 spiro atoms.